The van der Waals surface area contributed by atoms with E-state index in [1.165, 1.54) is 65.2 Å². The molecule has 3 aliphatic heterocycles. The van der Waals surface area contributed by atoms with Gasteiger partial charge in [0.05, 0.1) is 0 Å². The molecule has 0 aliphatic carbocycles. The van der Waals surface area contributed by atoms with Gasteiger partial charge < -0.3 is 4.74 Å². The smallest absolute Gasteiger partial charge is 0.139 e. The second-order valence-corrected chi connectivity index (χ2v) is 15.6. The molecule has 0 saturated heterocycles. The third-order valence-corrected chi connectivity index (χ3v) is 14.3. The van der Waals surface area contributed by atoms with Gasteiger partial charge in [0.15, 0.2) is 0 Å². The summed E-state index contributed by atoms with van der Waals surface area (Å²) in [5.41, 5.74) is 8.34. The number of ether oxygens (including phenoxy) is 1. The Bertz CT molecular complexity index is 1790. The van der Waals surface area contributed by atoms with Crippen LogP contribution in [0.25, 0.3) is 0 Å². The molecule has 0 N–H and O–H groups in total. The molecule has 0 aromatic heterocycles. The number of hydrogen-bond donors (Lipinski definition) is 0. The summed E-state index contributed by atoms with van der Waals surface area (Å²) < 4.78 is 7.24. The molecule has 0 radical (unpaired) electrons. The molecule has 0 fully saturated rings. The van der Waals surface area contributed by atoms with E-state index in [2.05, 4.69) is 133 Å². The van der Waals surface area contributed by atoms with E-state index >= 15 is 0 Å². The second kappa shape index (κ2) is 9.78. The summed E-state index contributed by atoms with van der Waals surface area (Å²) in [6.45, 7) is 0. The molecule has 3 aliphatic rings. The predicted octanol–water partition coefficient (Wildman–Crippen LogP) is 6.71. The number of rotatable bonds is 2. The van der Waals surface area contributed by atoms with Crippen molar-refractivity contribution in [3.05, 3.63) is 167 Å². The average Bonchev–Trinajstić information content (AvgIpc) is 3.05. The van der Waals surface area contributed by atoms with Crippen molar-refractivity contribution in [2.75, 3.05) is 0 Å². The minimum Gasteiger partial charge on any atom is -0.455 e. The quantitative estimate of drug-likeness (QED) is 0.209. The van der Waals surface area contributed by atoms with Crippen LogP contribution >= 0.6 is 15.8 Å². The maximum atomic E-state index is 7.24. The Balaban J connectivity index is 1.23. The largest absolute Gasteiger partial charge is 0.455 e. The van der Waals surface area contributed by atoms with Gasteiger partial charge in [0.25, 0.3) is 0 Å². The number of hydrogen-bond acceptors (Lipinski definition) is 1. The Morgan fingerprint density at radius 2 is 0.595 bits per heavy atom. The van der Waals surface area contributed by atoms with Gasteiger partial charge in [-0.15, -0.1) is 0 Å². The first-order chi connectivity index (χ1) is 20.8. The minimum absolute atomic E-state index is 0.731. The van der Waals surface area contributed by atoms with Gasteiger partial charge in [0.2, 0.25) is 0 Å². The van der Waals surface area contributed by atoms with Crippen molar-refractivity contribution < 1.29 is 4.74 Å². The van der Waals surface area contributed by atoms with Crippen molar-refractivity contribution in [2.45, 2.75) is 19.3 Å². The van der Waals surface area contributed by atoms with Crippen LogP contribution in [0.15, 0.2) is 133 Å². The van der Waals surface area contributed by atoms with Crippen LogP contribution in [-0.2, 0) is 19.3 Å². The molecule has 0 bridgehead atoms. The van der Waals surface area contributed by atoms with Gasteiger partial charge in [0.1, 0.15) is 11.5 Å². The molecule has 6 aromatic carbocycles. The van der Waals surface area contributed by atoms with Crippen molar-refractivity contribution >= 4 is 47.7 Å². The summed E-state index contributed by atoms with van der Waals surface area (Å²) in [4.78, 5) is 0. The maximum Gasteiger partial charge on any atom is 0.139 e. The highest BCUT2D eigenvalue weighted by molar-refractivity contribution is 7.80. The van der Waals surface area contributed by atoms with Crippen LogP contribution in [-0.4, -0.2) is 0 Å². The number of fused-ring (bicyclic) bond motifs is 6. The van der Waals surface area contributed by atoms with E-state index in [4.69, 9.17) is 4.74 Å². The van der Waals surface area contributed by atoms with E-state index in [1.807, 2.05) is 0 Å². The van der Waals surface area contributed by atoms with Crippen molar-refractivity contribution in [3.8, 4) is 11.5 Å². The summed E-state index contributed by atoms with van der Waals surface area (Å²) in [6.07, 6.45) is 2.89. The minimum atomic E-state index is -0.731. The monoisotopic (exact) mass is 574 g/mol. The molecule has 0 spiro atoms. The molecule has 0 saturated carbocycles. The summed E-state index contributed by atoms with van der Waals surface area (Å²) >= 11 is 0. The first kappa shape index (κ1) is 24.6. The second-order valence-electron chi connectivity index (χ2n) is 11.3. The fraction of sp³-hybridized carbons (Fsp3) is 0.0769. The molecule has 6 aromatic rings. The molecule has 9 rings (SSSR count). The lowest BCUT2D eigenvalue weighted by atomic mass is 10.0. The maximum absolute atomic E-state index is 7.24. The fourth-order valence-corrected chi connectivity index (χ4v) is 12.5. The molecule has 0 amide bonds. The molecule has 3 heterocycles. The number of para-hydroxylation sites is 2. The molecule has 3 heteroatoms. The normalized spacial score (nSPS) is 14.9. The Morgan fingerprint density at radius 3 is 0.976 bits per heavy atom. The van der Waals surface area contributed by atoms with Crippen LogP contribution in [0, 0.1) is 0 Å². The summed E-state index contributed by atoms with van der Waals surface area (Å²) in [7, 11) is -1.46. The Kier molecular flexibility index (Phi) is 5.72. The van der Waals surface area contributed by atoms with Crippen molar-refractivity contribution in [3.63, 3.8) is 0 Å². The summed E-state index contributed by atoms with van der Waals surface area (Å²) in [5.74, 6) is 2.15. The zero-order valence-corrected chi connectivity index (χ0v) is 24.9. The van der Waals surface area contributed by atoms with E-state index in [-0.39, 0.29) is 0 Å². The Hall–Kier alpha value is -4.02. The Morgan fingerprint density at radius 1 is 0.310 bits per heavy atom. The van der Waals surface area contributed by atoms with Gasteiger partial charge in [0, 0.05) is 17.0 Å². The molecule has 0 unspecified atom stereocenters. The van der Waals surface area contributed by atoms with Crippen LogP contribution in [0.1, 0.15) is 33.4 Å². The lowest BCUT2D eigenvalue weighted by molar-refractivity contribution is 0.468. The van der Waals surface area contributed by atoms with E-state index < -0.39 is 15.8 Å². The van der Waals surface area contributed by atoms with Crippen LogP contribution in [0.3, 0.4) is 0 Å². The number of benzene rings is 6. The van der Waals surface area contributed by atoms with Crippen molar-refractivity contribution in [2.24, 2.45) is 0 Å². The molecule has 1 nitrogen and oxygen atoms in total. The third kappa shape index (κ3) is 3.78. The zero-order chi connectivity index (χ0) is 27.6. The van der Waals surface area contributed by atoms with Crippen LogP contribution in [0.5, 0.6) is 11.5 Å². The highest BCUT2D eigenvalue weighted by Gasteiger charge is 2.34. The summed E-state index contributed by atoms with van der Waals surface area (Å²) in [5, 5.41) is 8.51. The van der Waals surface area contributed by atoms with Crippen LogP contribution in [0.2, 0.25) is 0 Å². The fourth-order valence-electron chi connectivity index (χ4n) is 7.02. The predicted molar refractivity (Wildman–Crippen MR) is 179 cm³/mol. The molecule has 0 atom stereocenters. The lowest BCUT2D eigenvalue weighted by Gasteiger charge is -2.34. The topological polar surface area (TPSA) is 9.23 Å². The average molecular weight is 575 g/mol. The van der Waals surface area contributed by atoms with Gasteiger partial charge in [-0.05, 0) is 83.3 Å². The SMILES string of the molecule is c1ccc2c(c1)Cc1ccccc1P2c1cccc2c1Oc1c(cccc1P1c3ccccc3Cc3ccccc31)C2. The van der Waals surface area contributed by atoms with Gasteiger partial charge >= 0.3 is 0 Å². The van der Waals surface area contributed by atoms with Gasteiger partial charge in [-0.2, -0.15) is 0 Å². The van der Waals surface area contributed by atoms with E-state index in [0.717, 1.165) is 30.8 Å². The standard InChI is InChI=1S/C39H28OP2/c1-5-17-32-26(11-1)23-27-12-2-6-18-33(27)41(32)36-21-9-15-30-25-31-16-10-22-37(39(31)40-38(30)36)42-34-19-7-3-13-28(34)24-29-14-4-8-20-35(29)42/h1-22H,23-25H2. The van der Waals surface area contributed by atoms with E-state index in [9.17, 15) is 0 Å². The zero-order valence-electron chi connectivity index (χ0n) is 23.1. The van der Waals surface area contributed by atoms with Crippen LogP contribution in [0.4, 0.5) is 0 Å². The molecule has 200 valence electrons. The van der Waals surface area contributed by atoms with Crippen LogP contribution < -0.4 is 36.6 Å². The lowest BCUT2D eigenvalue weighted by Crippen LogP contribution is -2.33. The van der Waals surface area contributed by atoms with E-state index in [0.29, 0.717) is 0 Å². The van der Waals surface area contributed by atoms with E-state index in [1.54, 1.807) is 0 Å². The molecular formula is C39H28OP2. The van der Waals surface area contributed by atoms with Gasteiger partial charge in [-0.25, -0.2) is 0 Å². The first-order valence-electron chi connectivity index (χ1n) is 14.7. The van der Waals surface area contributed by atoms with Gasteiger partial charge in [-0.3, -0.25) is 0 Å². The Labute approximate surface area is 249 Å². The highest BCUT2D eigenvalue weighted by atomic mass is 31.1. The van der Waals surface area contributed by atoms with Crippen molar-refractivity contribution in [1.29, 1.82) is 0 Å². The summed E-state index contributed by atoms with van der Waals surface area (Å²) in [6, 6.07) is 49.8. The molecular weight excluding hydrogens is 546 g/mol. The highest BCUT2D eigenvalue weighted by Crippen LogP contribution is 2.49. The first-order valence-corrected chi connectivity index (χ1v) is 17.4. The van der Waals surface area contributed by atoms with Gasteiger partial charge in [-0.1, -0.05) is 133 Å². The third-order valence-electron chi connectivity index (χ3n) is 8.91. The molecule has 42 heavy (non-hydrogen) atoms. The van der Waals surface area contributed by atoms with Crippen molar-refractivity contribution in [1.82, 2.24) is 0 Å².